The molecular weight excluding hydrogens is 260 g/mol. The van der Waals surface area contributed by atoms with Crippen LogP contribution in [0.25, 0.3) is 0 Å². The van der Waals surface area contributed by atoms with Crippen molar-refractivity contribution < 1.29 is 4.74 Å². The van der Waals surface area contributed by atoms with Crippen molar-refractivity contribution in [2.75, 3.05) is 12.5 Å². The van der Waals surface area contributed by atoms with Gasteiger partial charge in [0.1, 0.15) is 5.75 Å². The number of hydrogen-bond acceptors (Lipinski definition) is 3. The smallest absolute Gasteiger partial charge is 0.127 e. The molecule has 0 heterocycles. The maximum Gasteiger partial charge on any atom is 0.127 e. The fourth-order valence-corrected chi connectivity index (χ4v) is 1.80. The molecule has 2 rings (SSSR count). The average Bonchev–Trinajstić information content (AvgIpc) is 2.46. The molecule has 4 heteroatoms. The first kappa shape index (κ1) is 13.4. The number of benzene rings is 2. The predicted octanol–water partition coefficient (Wildman–Crippen LogP) is 4.18. The van der Waals surface area contributed by atoms with E-state index >= 15 is 0 Å². The summed E-state index contributed by atoms with van der Waals surface area (Å²) in [6.45, 7) is 1.93. The molecule has 0 fully saturated rings. The zero-order valence-electron chi connectivity index (χ0n) is 10.9. The van der Waals surface area contributed by atoms with Crippen molar-refractivity contribution in [2.24, 2.45) is 5.10 Å². The summed E-state index contributed by atoms with van der Waals surface area (Å²) >= 11 is 5.83. The van der Waals surface area contributed by atoms with E-state index in [2.05, 4.69) is 10.5 Å². The van der Waals surface area contributed by atoms with Gasteiger partial charge in [0.15, 0.2) is 0 Å². The van der Waals surface area contributed by atoms with Gasteiger partial charge in [-0.05, 0) is 43.3 Å². The molecule has 0 aliphatic heterocycles. The van der Waals surface area contributed by atoms with Gasteiger partial charge in [0.2, 0.25) is 0 Å². The Balaban J connectivity index is 2.16. The molecule has 0 spiro atoms. The number of rotatable bonds is 4. The van der Waals surface area contributed by atoms with E-state index < -0.39 is 0 Å². The molecule has 0 unspecified atom stereocenters. The van der Waals surface area contributed by atoms with Gasteiger partial charge in [-0.3, -0.25) is 5.43 Å². The van der Waals surface area contributed by atoms with Crippen molar-refractivity contribution in [3.8, 4) is 5.75 Å². The van der Waals surface area contributed by atoms with Crippen molar-refractivity contribution in [1.29, 1.82) is 0 Å². The highest BCUT2D eigenvalue weighted by atomic mass is 35.5. The molecule has 0 amide bonds. The molecule has 0 aliphatic rings. The van der Waals surface area contributed by atoms with E-state index in [-0.39, 0.29) is 0 Å². The monoisotopic (exact) mass is 274 g/mol. The molecule has 0 saturated carbocycles. The Kier molecular flexibility index (Phi) is 4.42. The molecule has 0 aliphatic carbocycles. The summed E-state index contributed by atoms with van der Waals surface area (Å²) in [6, 6.07) is 15.2. The minimum Gasteiger partial charge on any atom is -0.496 e. The lowest BCUT2D eigenvalue weighted by atomic mass is 10.1. The molecule has 2 aromatic carbocycles. The Morgan fingerprint density at radius 1 is 1.11 bits per heavy atom. The second kappa shape index (κ2) is 6.25. The lowest BCUT2D eigenvalue weighted by Crippen LogP contribution is -2.02. The summed E-state index contributed by atoms with van der Waals surface area (Å²) in [4.78, 5) is 0. The van der Waals surface area contributed by atoms with Crippen molar-refractivity contribution in [2.45, 2.75) is 6.92 Å². The number of hydrazone groups is 1. The molecule has 0 radical (unpaired) electrons. The van der Waals surface area contributed by atoms with Crippen LogP contribution < -0.4 is 10.2 Å². The quantitative estimate of drug-likeness (QED) is 0.670. The molecule has 0 bridgehead atoms. The fourth-order valence-electron chi connectivity index (χ4n) is 1.68. The Labute approximate surface area is 117 Å². The molecule has 0 atom stereocenters. The zero-order valence-corrected chi connectivity index (χ0v) is 11.6. The number of nitrogens with zero attached hydrogens (tertiary/aromatic N) is 1. The van der Waals surface area contributed by atoms with Gasteiger partial charge in [0, 0.05) is 10.6 Å². The van der Waals surface area contributed by atoms with E-state index in [1.807, 2.05) is 55.5 Å². The van der Waals surface area contributed by atoms with Crippen LogP contribution in [0.15, 0.2) is 53.6 Å². The van der Waals surface area contributed by atoms with Crippen LogP contribution in [0.3, 0.4) is 0 Å². The Bertz CT molecular complexity index is 579. The van der Waals surface area contributed by atoms with E-state index in [1.165, 1.54) is 0 Å². The van der Waals surface area contributed by atoms with Gasteiger partial charge in [-0.25, -0.2) is 0 Å². The van der Waals surface area contributed by atoms with Gasteiger partial charge in [0.25, 0.3) is 0 Å². The van der Waals surface area contributed by atoms with Crippen LogP contribution in [0.4, 0.5) is 5.69 Å². The summed E-state index contributed by atoms with van der Waals surface area (Å²) in [5.41, 5.74) is 5.70. The minimum atomic E-state index is 0.705. The van der Waals surface area contributed by atoms with Crippen LogP contribution in [-0.4, -0.2) is 12.8 Å². The lowest BCUT2D eigenvalue weighted by molar-refractivity contribution is 0.414. The van der Waals surface area contributed by atoms with Gasteiger partial charge in [-0.2, -0.15) is 5.10 Å². The summed E-state index contributed by atoms with van der Waals surface area (Å²) in [7, 11) is 1.65. The first-order chi connectivity index (χ1) is 9.20. The van der Waals surface area contributed by atoms with Gasteiger partial charge in [-0.1, -0.05) is 23.7 Å². The molecule has 2 aromatic rings. The number of para-hydroxylation sites is 1. The van der Waals surface area contributed by atoms with Crippen LogP contribution in [-0.2, 0) is 0 Å². The number of anilines is 1. The van der Waals surface area contributed by atoms with E-state index in [9.17, 15) is 0 Å². The summed E-state index contributed by atoms with van der Waals surface area (Å²) in [5.74, 6) is 0.807. The highest BCUT2D eigenvalue weighted by Gasteiger charge is 2.04. The van der Waals surface area contributed by atoms with E-state index in [0.717, 1.165) is 22.7 Å². The predicted molar refractivity (Wildman–Crippen MR) is 80.3 cm³/mol. The molecule has 19 heavy (non-hydrogen) atoms. The van der Waals surface area contributed by atoms with Crippen LogP contribution >= 0.6 is 11.6 Å². The van der Waals surface area contributed by atoms with Crippen molar-refractivity contribution >= 4 is 23.0 Å². The lowest BCUT2D eigenvalue weighted by Gasteiger charge is -2.08. The summed E-state index contributed by atoms with van der Waals surface area (Å²) in [6.07, 6.45) is 0. The van der Waals surface area contributed by atoms with Crippen LogP contribution in [0.1, 0.15) is 12.5 Å². The molecule has 98 valence electrons. The molecule has 1 N–H and O–H groups in total. The Hall–Kier alpha value is -2.00. The highest BCUT2D eigenvalue weighted by molar-refractivity contribution is 6.30. The second-order valence-corrected chi connectivity index (χ2v) is 4.45. The molecule has 3 nitrogen and oxygen atoms in total. The van der Waals surface area contributed by atoms with Gasteiger partial charge in [-0.15, -0.1) is 0 Å². The standard InChI is InChI=1S/C15H15ClN2O/c1-11(14-5-3-4-6-15(14)19-2)17-18-13-9-7-12(16)8-10-13/h3-10,18H,1-2H3/b17-11-. The van der Waals surface area contributed by atoms with Gasteiger partial charge < -0.3 is 4.74 Å². The molecule has 0 aromatic heterocycles. The molecule has 0 saturated heterocycles. The SMILES string of the molecule is COc1ccccc1/C(C)=N\Nc1ccc(Cl)cc1. The zero-order chi connectivity index (χ0) is 13.7. The number of halogens is 1. The Morgan fingerprint density at radius 2 is 1.79 bits per heavy atom. The first-order valence-corrected chi connectivity index (χ1v) is 6.28. The van der Waals surface area contributed by atoms with E-state index in [0.29, 0.717) is 5.02 Å². The number of nitrogens with one attached hydrogen (secondary N) is 1. The number of ether oxygens (including phenoxy) is 1. The first-order valence-electron chi connectivity index (χ1n) is 5.90. The van der Waals surface area contributed by atoms with E-state index in [4.69, 9.17) is 16.3 Å². The topological polar surface area (TPSA) is 33.6 Å². The maximum atomic E-state index is 5.83. The fraction of sp³-hybridized carbons (Fsp3) is 0.133. The third-order valence-corrected chi connectivity index (χ3v) is 2.95. The van der Waals surface area contributed by atoms with Crippen LogP contribution in [0, 0.1) is 0 Å². The number of methoxy groups -OCH3 is 1. The highest BCUT2D eigenvalue weighted by Crippen LogP contribution is 2.19. The van der Waals surface area contributed by atoms with E-state index in [1.54, 1.807) is 7.11 Å². The largest absolute Gasteiger partial charge is 0.496 e. The number of hydrogen-bond donors (Lipinski definition) is 1. The van der Waals surface area contributed by atoms with Crippen LogP contribution in [0.5, 0.6) is 5.75 Å². The van der Waals surface area contributed by atoms with Crippen molar-refractivity contribution in [3.05, 3.63) is 59.1 Å². The van der Waals surface area contributed by atoms with Gasteiger partial charge >= 0.3 is 0 Å². The Morgan fingerprint density at radius 3 is 2.47 bits per heavy atom. The maximum absolute atomic E-state index is 5.83. The molecular formula is C15H15ClN2O. The van der Waals surface area contributed by atoms with Crippen molar-refractivity contribution in [3.63, 3.8) is 0 Å². The van der Waals surface area contributed by atoms with Gasteiger partial charge in [0.05, 0.1) is 18.5 Å². The average molecular weight is 275 g/mol. The third kappa shape index (κ3) is 3.48. The van der Waals surface area contributed by atoms with Crippen molar-refractivity contribution in [1.82, 2.24) is 0 Å². The third-order valence-electron chi connectivity index (χ3n) is 2.69. The second-order valence-electron chi connectivity index (χ2n) is 4.02. The minimum absolute atomic E-state index is 0.705. The van der Waals surface area contributed by atoms with Crippen LogP contribution in [0.2, 0.25) is 5.02 Å². The summed E-state index contributed by atoms with van der Waals surface area (Å²) in [5, 5.41) is 5.05. The normalized spacial score (nSPS) is 11.2. The summed E-state index contributed by atoms with van der Waals surface area (Å²) < 4.78 is 5.31.